The third-order valence-electron chi connectivity index (χ3n) is 4.65. The van der Waals surface area contributed by atoms with E-state index in [1.54, 1.807) is 0 Å². The van der Waals surface area contributed by atoms with Crippen molar-refractivity contribution in [1.82, 2.24) is 15.2 Å². The summed E-state index contributed by atoms with van der Waals surface area (Å²) < 4.78 is 5.75. The number of nitrogens with one attached hydrogen (secondary N) is 2. The summed E-state index contributed by atoms with van der Waals surface area (Å²) in [4.78, 5) is 29.5. The normalized spacial score (nSPS) is 23.1. The van der Waals surface area contributed by atoms with Crippen molar-refractivity contribution < 1.29 is 14.3 Å². The number of ether oxygens (including phenoxy) is 1. The fraction of sp³-hybridized carbons (Fsp3) is 0.667. The standard InChI is InChI=1S/C18H29N3O3/c1-10(21-8-11(2)24-12(3)9-21)7-19-18(23)17-13(4)16(15(6)22)14(5)20-17/h10-12,20H,7-9H2,1-6H3,(H,19,23)/t10-,11-,12+/m0/s1. The number of aromatic nitrogens is 1. The summed E-state index contributed by atoms with van der Waals surface area (Å²) in [5.74, 6) is -0.186. The number of aromatic amines is 1. The van der Waals surface area contributed by atoms with E-state index in [0.717, 1.165) is 24.3 Å². The predicted molar refractivity (Wildman–Crippen MR) is 93.6 cm³/mol. The van der Waals surface area contributed by atoms with Crippen LogP contribution in [0, 0.1) is 13.8 Å². The lowest BCUT2D eigenvalue weighted by molar-refractivity contribution is -0.0778. The Hall–Kier alpha value is -1.66. The second-order valence-electron chi connectivity index (χ2n) is 6.95. The average molecular weight is 335 g/mol. The first-order chi connectivity index (χ1) is 11.2. The number of morpholine rings is 1. The van der Waals surface area contributed by atoms with Crippen LogP contribution in [0.2, 0.25) is 0 Å². The molecule has 2 rings (SSSR count). The molecule has 0 aromatic carbocycles. The van der Waals surface area contributed by atoms with Crippen molar-refractivity contribution >= 4 is 11.7 Å². The highest BCUT2D eigenvalue weighted by Gasteiger charge is 2.26. The Kier molecular flexibility index (Phi) is 5.83. The van der Waals surface area contributed by atoms with Gasteiger partial charge in [-0.05, 0) is 47.1 Å². The van der Waals surface area contributed by atoms with Crippen LogP contribution in [0.1, 0.15) is 59.8 Å². The number of carbonyl (C=O) groups is 2. The molecular weight excluding hydrogens is 306 g/mol. The summed E-state index contributed by atoms with van der Waals surface area (Å²) in [6.07, 6.45) is 0.414. The van der Waals surface area contributed by atoms with Crippen LogP contribution in [-0.2, 0) is 4.74 Å². The molecule has 134 valence electrons. The zero-order valence-corrected chi connectivity index (χ0v) is 15.5. The molecule has 3 atom stereocenters. The molecule has 1 fully saturated rings. The molecule has 1 aliphatic heterocycles. The lowest BCUT2D eigenvalue weighted by Crippen LogP contribution is -2.52. The number of ketones is 1. The zero-order valence-electron chi connectivity index (χ0n) is 15.5. The van der Waals surface area contributed by atoms with Crippen molar-refractivity contribution in [1.29, 1.82) is 0 Å². The molecule has 1 aliphatic rings. The third-order valence-corrected chi connectivity index (χ3v) is 4.65. The lowest BCUT2D eigenvalue weighted by atomic mass is 10.1. The van der Waals surface area contributed by atoms with Crippen LogP contribution < -0.4 is 5.32 Å². The molecule has 2 heterocycles. The minimum Gasteiger partial charge on any atom is -0.373 e. The topological polar surface area (TPSA) is 74.4 Å². The number of hydrogen-bond acceptors (Lipinski definition) is 4. The van der Waals surface area contributed by atoms with E-state index in [1.165, 1.54) is 6.92 Å². The van der Waals surface area contributed by atoms with Crippen LogP contribution in [-0.4, -0.2) is 59.5 Å². The van der Waals surface area contributed by atoms with Crippen molar-refractivity contribution in [3.05, 3.63) is 22.5 Å². The van der Waals surface area contributed by atoms with Gasteiger partial charge in [0.05, 0.1) is 12.2 Å². The number of carbonyl (C=O) groups excluding carboxylic acids is 2. The number of Topliss-reactive ketones (excluding diaryl/α,β-unsaturated/α-hetero) is 1. The SMILES string of the molecule is CC(=O)c1c(C)[nH]c(C(=O)NC[C@H](C)N2C[C@@H](C)O[C@@H](C)C2)c1C. The van der Waals surface area contributed by atoms with Crippen LogP contribution in [0.25, 0.3) is 0 Å². The van der Waals surface area contributed by atoms with Crippen LogP contribution in [0.4, 0.5) is 0 Å². The quantitative estimate of drug-likeness (QED) is 0.808. The Bertz CT molecular complexity index is 613. The van der Waals surface area contributed by atoms with Gasteiger partial charge in [-0.3, -0.25) is 14.5 Å². The molecule has 1 amide bonds. The Morgan fingerprint density at radius 3 is 2.38 bits per heavy atom. The molecule has 0 unspecified atom stereocenters. The fourth-order valence-electron chi connectivity index (χ4n) is 3.54. The maximum absolute atomic E-state index is 12.5. The molecule has 1 aromatic rings. The Labute approximate surface area is 143 Å². The maximum atomic E-state index is 12.5. The van der Waals surface area contributed by atoms with Crippen LogP contribution in [0.3, 0.4) is 0 Å². The van der Waals surface area contributed by atoms with Gasteiger partial charge < -0.3 is 15.0 Å². The molecule has 6 nitrogen and oxygen atoms in total. The molecule has 1 saturated heterocycles. The minimum absolute atomic E-state index is 0.0232. The molecule has 2 N–H and O–H groups in total. The molecular formula is C18H29N3O3. The average Bonchev–Trinajstić information content (AvgIpc) is 2.78. The Morgan fingerprint density at radius 2 is 1.88 bits per heavy atom. The van der Waals surface area contributed by atoms with E-state index in [0.29, 0.717) is 17.8 Å². The molecule has 24 heavy (non-hydrogen) atoms. The van der Waals surface area contributed by atoms with E-state index in [-0.39, 0.29) is 29.9 Å². The first-order valence-electron chi connectivity index (χ1n) is 8.58. The van der Waals surface area contributed by atoms with E-state index in [9.17, 15) is 9.59 Å². The summed E-state index contributed by atoms with van der Waals surface area (Å²) in [5.41, 5.74) is 2.56. The van der Waals surface area contributed by atoms with Gasteiger partial charge in [-0.1, -0.05) is 0 Å². The van der Waals surface area contributed by atoms with Gasteiger partial charge in [0.15, 0.2) is 5.78 Å². The first-order valence-corrected chi connectivity index (χ1v) is 8.58. The lowest BCUT2D eigenvalue weighted by Gasteiger charge is -2.38. The molecule has 0 saturated carbocycles. The van der Waals surface area contributed by atoms with E-state index < -0.39 is 0 Å². The van der Waals surface area contributed by atoms with Crippen molar-refractivity contribution in [3.8, 4) is 0 Å². The zero-order chi connectivity index (χ0) is 18.0. The molecule has 0 bridgehead atoms. The Morgan fingerprint density at radius 1 is 1.29 bits per heavy atom. The van der Waals surface area contributed by atoms with Gasteiger partial charge in [0.25, 0.3) is 5.91 Å². The number of hydrogen-bond donors (Lipinski definition) is 2. The van der Waals surface area contributed by atoms with Gasteiger partial charge in [0.1, 0.15) is 5.69 Å². The number of aryl methyl sites for hydroxylation is 1. The minimum atomic E-state index is -0.163. The summed E-state index contributed by atoms with van der Waals surface area (Å²) in [6, 6.07) is 0.228. The number of rotatable bonds is 5. The van der Waals surface area contributed by atoms with Crippen LogP contribution >= 0.6 is 0 Å². The fourth-order valence-corrected chi connectivity index (χ4v) is 3.54. The molecule has 0 spiro atoms. The van der Waals surface area contributed by atoms with Gasteiger partial charge in [0, 0.05) is 36.9 Å². The predicted octanol–water partition coefficient (Wildman–Crippen LogP) is 2.06. The smallest absolute Gasteiger partial charge is 0.268 e. The van der Waals surface area contributed by atoms with Gasteiger partial charge >= 0.3 is 0 Å². The number of nitrogens with zero attached hydrogens (tertiary/aromatic N) is 1. The van der Waals surface area contributed by atoms with Crippen LogP contribution in [0.15, 0.2) is 0 Å². The third kappa shape index (κ3) is 4.05. The van der Waals surface area contributed by atoms with E-state index in [4.69, 9.17) is 4.74 Å². The largest absolute Gasteiger partial charge is 0.373 e. The van der Waals surface area contributed by atoms with Gasteiger partial charge in [0.2, 0.25) is 0 Å². The van der Waals surface area contributed by atoms with Crippen molar-refractivity contribution in [2.24, 2.45) is 0 Å². The molecule has 0 aliphatic carbocycles. The second-order valence-corrected chi connectivity index (χ2v) is 6.95. The van der Waals surface area contributed by atoms with Gasteiger partial charge in [-0.25, -0.2) is 0 Å². The highest BCUT2D eigenvalue weighted by molar-refractivity contribution is 6.02. The number of H-pyrrole nitrogens is 1. The Balaban J connectivity index is 1.98. The molecule has 0 radical (unpaired) electrons. The maximum Gasteiger partial charge on any atom is 0.268 e. The van der Waals surface area contributed by atoms with Crippen LogP contribution in [0.5, 0.6) is 0 Å². The second kappa shape index (κ2) is 7.49. The van der Waals surface area contributed by atoms with Crippen molar-refractivity contribution in [2.45, 2.75) is 59.8 Å². The number of amides is 1. The van der Waals surface area contributed by atoms with E-state index in [1.807, 2.05) is 13.8 Å². The molecule has 6 heteroatoms. The first kappa shape index (κ1) is 18.7. The summed E-state index contributed by atoms with van der Waals surface area (Å²) in [6.45, 7) is 13.7. The summed E-state index contributed by atoms with van der Waals surface area (Å²) in [5, 5.41) is 2.98. The van der Waals surface area contributed by atoms with E-state index in [2.05, 4.69) is 36.0 Å². The van der Waals surface area contributed by atoms with Gasteiger partial charge in [-0.15, -0.1) is 0 Å². The summed E-state index contributed by atoms with van der Waals surface area (Å²) in [7, 11) is 0. The highest BCUT2D eigenvalue weighted by Crippen LogP contribution is 2.18. The van der Waals surface area contributed by atoms with Gasteiger partial charge in [-0.2, -0.15) is 0 Å². The summed E-state index contributed by atoms with van der Waals surface area (Å²) >= 11 is 0. The monoisotopic (exact) mass is 335 g/mol. The highest BCUT2D eigenvalue weighted by atomic mass is 16.5. The van der Waals surface area contributed by atoms with Crippen molar-refractivity contribution in [3.63, 3.8) is 0 Å². The molecule has 1 aromatic heterocycles. The van der Waals surface area contributed by atoms with Crippen molar-refractivity contribution in [2.75, 3.05) is 19.6 Å². The van der Waals surface area contributed by atoms with E-state index >= 15 is 0 Å².